The molecular formula is C26H27NO5. The number of carbonyl (C=O) groups is 2. The molecule has 1 N–H and O–H groups in total. The van der Waals surface area contributed by atoms with Crippen LogP contribution in [0.5, 0.6) is 11.5 Å². The zero-order chi connectivity index (χ0) is 23.3. The number of rotatable bonds is 9. The first-order valence-corrected chi connectivity index (χ1v) is 10.4. The van der Waals surface area contributed by atoms with Crippen LogP contribution in [0, 0.1) is 6.92 Å². The fourth-order valence-electron chi connectivity index (χ4n) is 3.73. The SMILES string of the molecule is C=CCOc1ccc(C2C(=C(O)c3ccc(OCC)c(C)c3)C(=O)C(=O)N2CC=C)cc1. The first-order chi connectivity index (χ1) is 15.4. The summed E-state index contributed by atoms with van der Waals surface area (Å²) in [5.74, 6) is -0.295. The highest BCUT2D eigenvalue weighted by molar-refractivity contribution is 6.46. The van der Waals surface area contributed by atoms with Crippen LogP contribution in [0.3, 0.4) is 0 Å². The molecule has 6 heteroatoms. The average molecular weight is 434 g/mol. The third-order valence-corrected chi connectivity index (χ3v) is 5.18. The number of benzene rings is 2. The summed E-state index contributed by atoms with van der Waals surface area (Å²) in [7, 11) is 0. The van der Waals surface area contributed by atoms with Crippen LogP contribution < -0.4 is 9.47 Å². The number of aliphatic hydroxyl groups excluding tert-OH is 1. The van der Waals surface area contributed by atoms with Crippen LogP contribution in [-0.4, -0.2) is 41.5 Å². The summed E-state index contributed by atoms with van der Waals surface area (Å²) in [6.07, 6.45) is 3.20. The number of ether oxygens (including phenoxy) is 2. The minimum atomic E-state index is -0.742. The average Bonchev–Trinajstić information content (AvgIpc) is 3.04. The maximum Gasteiger partial charge on any atom is 0.295 e. The molecule has 1 heterocycles. The molecule has 6 nitrogen and oxygen atoms in total. The second-order valence-corrected chi connectivity index (χ2v) is 7.32. The Morgan fingerprint density at radius 3 is 2.41 bits per heavy atom. The van der Waals surface area contributed by atoms with Gasteiger partial charge in [-0.3, -0.25) is 9.59 Å². The van der Waals surface area contributed by atoms with E-state index in [0.717, 1.165) is 5.56 Å². The molecule has 2 aromatic carbocycles. The van der Waals surface area contributed by atoms with Gasteiger partial charge in [-0.15, -0.1) is 6.58 Å². The molecule has 1 aliphatic heterocycles. The molecule has 0 aliphatic carbocycles. The third-order valence-electron chi connectivity index (χ3n) is 5.18. The lowest BCUT2D eigenvalue weighted by atomic mass is 9.94. The van der Waals surface area contributed by atoms with Gasteiger partial charge in [-0.2, -0.15) is 0 Å². The maximum atomic E-state index is 12.9. The summed E-state index contributed by atoms with van der Waals surface area (Å²) in [5.41, 5.74) is 1.98. The summed E-state index contributed by atoms with van der Waals surface area (Å²) in [6, 6.07) is 11.5. The van der Waals surface area contributed by atoms with Crippen molar-refractivity contribution in [2.24, 2.45) is 0 Å². The lowest BCUT2D eigenvalue weighted by Crippen LogP contribution is -2.29. The Morgan fingerprint density at radius 1 is 1.09 bits per heavy atom. The number of likely N-dealkylation sites (tertiary alicyclic amines) is 1. The topological polar surface area (TPSA) is 76.1 Å². The van der Waals surface area contributed by atoms with Gasteiger partial charge < -0.3 is 19.5 Å². The summed E-state index contributed by atoms with van der Waals surface area (Å²) in [5, 5.41) is 11.1. The van der Waals surface area contributed by atoms with Crippen LogP contribution in [0.4, 0.5) is 0 Å². The number of carbonyl (C=O) groups excluding carboxylic acids is 2. The largest absolute Gasteiger partial charge is 0.507 e. The van der Waals surface area contributed by atoms with E-state index in [1.807, 2.05) is 13.8 Å². The maximum absolute atomic E-state index is 12.9. The van der Waals surface area contributed by atoms with Gasteiger partial charge in [-0.1, -0.05) is 30.9 Å². The highest BCUT2D eigenvalue weighted by Crippen LogP contribution is 2.40. The molecule has 0 radical (unpaired) electrons. The quantitative estimate of drug-likeness (QED) is 0.271. The zero-order valence-electron chi connectivity index (χ0n) is 18.3. The summed E-state index contributed by atoms with van der Waals surface area (Å²) in [6.45, 7) is 12.1. The van der Waals surface area contributed by atoms with Crippen LogP contribution in [0.2, 0.25) is 0 Å². The van der Waals surface area contributed by atoms with Crippen LogP contribution in [0.15, 0.2) is 73.3 Å². The molecule has 3 rings (SSSR count). The van der Waals surface area contributed by atoms with E-state index in [2.05, 4.69) is 13.2 Å². The summed E-state index contributed by atoms with van der Waals surface area (Å²) >= 11 is 0. The van der Waals surface area contributed by atoms with Gasteiger partial charge in [0.15, 0.2) is 0 Å². The highest BCUT2D eigenvalue weighted by atomic mass is 16.5. The number of amides is 1. The smallest absolute Gasteiger partial charge is 0.295 e. The number of ketones is 1. The van der Waals surface area contributed by atoms with Gasteiger partial charge in [0.05, 0.1) is 18.2 Å². The Labute approximate surface area is 188 Å². The van der Waals surface area contributed by atoms with E-state index in [0.29, 0.717) is 35.8 Å². The molecule has 166 valence electrons. The van der Waals surface area contributed by atoms with Crippen LogP contribution in [0.1, 0.15) is 29.7 Å². The van der Waals surface area contributed by atoms with Gasteiger partial charge in [0.1, 0.15) is 23.9 Å². The lowest BCUT2D eigenvalue weighted by molar-refractivity contribution is -0.139. The molecular weight excluding hydrogens is 406 g/mol. The minimum Gasteiger partial charge on any atom is -0.507 e. The molecule has 0 bridgehead atoms. The number of hydrogen-bond acceptors (Lipinski definition) is 5. The molecule has 32 heavy (non-hydrogen) atoms. The predicted octanol–water partition coefficient (Wildman–Crippen LogP) is 4.57. The van der Waals surface area contributed by atoms with Crippen molar-refractivity contribution in [1.82, 2.24) is 4.90 Å². The summed E-state index contributed by atoms with van der Waals surface area (Å²) < 4.78 is 11.1. The Bertz CT molecular complexity index is 1070. The van der Waals surface area contributed by atoms with Crippen molar-refractivity contribution in [3.63, 3.8) is 0 Å². The fraction of sp³-hybridized carbons (Fsp3) is 0.231. The molecule has 1 atom stereocenters. The Hall–Kier alpha value is -3.80. The third kappa shape index (κ3) is 4.44. The van der Waals surface area contributed by atoms with Gasteiger partial charge in [0.25, 0.3) is 11.7 Å². The van der Waals surface area contributed by atoms with Crippen molar-refractivity contribution in [2.75, 3.05) is 19.8 Å². The van der Waals surface area contributed by atoms with E-state index in [9.17, 15) is 14.7 Å². The Kier molecular flexibility index (Phi) is 7.15. The van der Waals surface area contributed by atoms with E-state index in [-0.39, 0.29) is 17.9 Å². The van der Waals surface area contributed by atoms with E-state index >= 15 is 0 Å². The molecule has 1 aliphatic rings. The first-order valence-electron chi connectivity index (χ1n) is 10.4. The Balaban J connectivity index is 2.09. The van der Waals surface area contributed by atoms with E-state index in [4.69, 9.17) is 9.47 Å². The molecule has 0 aromatic heterocycles. The lowest BCUT2D eigenvalue weighted by Gasteiger charge is -2.24. The molecule has 2 aromatic rings. The monoisotopic (exact) mass is 433 g/mol. The van der Waals surface area contributed by atoms with Crippen LogP contribution in [0.25, 0.3) is 5.76 Å². The molecule has 0 spiro atoms. The van der Waals surface area contributed by atoms with Gasteiger partial charge >= 0.3 is 0 Å². The number of aryl methyl sites for hydroxylation is 1. The van der Waals surface area contributed by atoms with Crippen molar-refractivity contribution >= 4 is 17.4 Å². The van der Waals surface area contributed by atoms with Crippen molar-refractivity contribution in [3.05, 3.63) is 90.0 Å². The fourth-order valence-corrected chi connectivity index (χ4v) is 3.73. The van der Waals surface area contributed by atoms with Crippen molar-refractivity contribution in [1.29, 1.82) is 0 Å². The number of Topliss-reactive ketones (excluding diaryl/α,β-unsaturated/α-hetero) is 1. The number of aliphatic hydroxyl groups is 1. The van der Waals surface area contributed by atoms with Crippen LogP contribution >= 0.6 is 0 Å². The van der Waals surface area contributed by atoms with Crippen molar-refractivity contribution < 1.29 is 24.2 Å². The standard InChI is InChI=1S/C26H27NO5/c1-5-14-27-23(18-8-11-20(12-9-18)32-15-6-2)22(25(29)26(27)30)24(28)19-10-13-21(31-7-3)17(4)16-19/h5-6,8-13,16,23,28H,1-2,7,14-15H2,3-4H3. The van der Waals surface area contributed by atoms with Crippen molar-refractivity contribution in [3.8, 4) is 11.5 Å². The molecule has 1 amide bonds. The Morgan fingerprint density at radius 2 is 1.81 bits per heavy atom. The van der Waals surface area contributed by atoms with Crippen LogP contribution in [-0.2, 0) is 9.59 Å². The first kappa shape index (κ1) is 22.9. The highest BCUT2D eigenvalue weighted by Gasteiger charge is 2.45. The van der Waals surface area contributed by atoms with E-state index in [1.54, 1.807) is 54.6 Å². The van der Waals surface area contributed by atoms with E-state index < -0.39 is 17.7 Å². The molecule has 1 unspecified atom stereocenters. The van der Waals surface area contributed by atoms with Gasteiger partial charge in [0.2, 0.25) is 0 Å². The molecule has 1 saturated heterocycles. The molecule has 1 fully saturated rings. The van der Waals surface area contributed by atoms with Gasteiger partial charge in [0, 0.05) is 12.1 Å². The molecule has 0 saturated carbocycles. The minimum absolute atomic E-state index is 0.0418. The normalized spacial score (nSPS) is 17.3. The second kappa shape index (κ2) is 10.0. The van der Waals surface area contributed by atoms with E-state index in [1.165, 1.54) is 4.90 Å². The number of nitrogens with zero attached hydrogens (tertiary/aromatic N) is 1. The van der Waals surface area contributed by atoms with Gasteiger partial charge in [-0.25, -0.2) is 0 Å². The summed E-state index contributed by atoms with van der Waals surface area (Å²) in [4.78, 5) is 27.1. The predicted molar refractivity (Wildman–Crippen MR) is 124 cm³/mol. The second-order valence-electron chi connectivity index (χ2n) is 7.32. The number of hydrogen-bond donors (Lipinski definition) is 1. The zero-order valence-corrected chi connectivity index (χ0v) is 18.3. The van der Waals surface area contributed by atoms with Crippen molar-refractivity contribution in [2.45, 2.75) is 19.9 Å². The van der Waals surface area contributed by atoms with Gasteiger partial charge in [-0.05, 0) is 55.3 Å².